The number of amides is 1. The number of hydrogen-bond donors (Lipinski definition) is 3. The zero-order valence-electron chi connectivity index (χ0n) is 13.5. The van der Waals surface area contributed by atoms with Gasteiger partial charge in [-0.25, -0.2) is 9.82 Å². The van der Waals surface area contributed by atoms with E-state index in [0.717, 1.165) is 38.0 Å². The summed E-state index contributed by atoms with van der Waals surface area (Å²) in [5, 5.41) is 3.22. The van der Waals surface area contributed by atoms with Crippen molar-refractivity contribution in [3.63, 3.8) is 0 Å². The van der Waals surface area contributed by atoms with Crippen molar-refractivity contribution in [3.8, 4) is 0 Å². The minimum Gasteiger partial charge on any atom is -0.342 e. The molecule has 2 atom stereocenters. The molecule has 6 heteroatoms. The van der Waals surface area contributed by atoms with Crippen molar-refractivity contribution >= 4 is 5.91 Å². The summed E-state index contributed by atoms with van der Waals surface area (Å²) in [5.41, 5.74) is 7.19. The number of carbonyl (C=O) groups is 1. The Morgan fingerprint density at radius 2 is 2.00 bits per heavy atom. The smallest absolute Gasteiger partial charge is 0.229 e. The Labute approximate surface area is 136 Å². The highest BCUT2D eigenvalue weighted by atomic mass is 19.1. The maximum atomic E-state index is 13.1. The van der Waals surface area contributed by atoms with Crippen molar-refractivity contribution in [3.05, 3.63) is 35.6 Å². The molecule has 1 amide bonds. The van der Waals surface area contributed by atoms with Gasteiger partial charge >= 0.3 is 0 Å². The van der Waals surface area contributed by atoms with Crippen LogP contribution in [0.1, 0.15) is 24.4 Å². The lowest BCUT2D eigenvalue weighted by molar-refractivity contribution is -0.136. The molecule has 0 bridgehead atoms. The molecule has 23 heavy (non-hydrogen) atoms. The van der Waals surface area contributed by atoms with Crippen LogP contribution in [0, 0.1) is 17.7 Å². The summed E-state index contributed by atoms with van der Waals surface area (Å²) in [6.45, 7) is 3.29. The van der Waals surface area contributed by atoms with Crippen LogP contribution in [0.4, 0.5) is 4.39 Å². The molecule has 0 aliphatic carbocycles. The standard InChI is InChI=1S/C17H25FN4O/c1-19-10-12-6-8-22(9-7-12)17(23)15-11-20-21-16(15)13-2-4-14(18)5-3-13/h2-5,12,15-16,19-21H,6-11H2,1H3. The lowest BCUT2D eigenvalue weighted by Gasteiger charge is -2.34. The third-order valence-electron chi connectivity index (χ3n) is 4.95. The number of hydrogen-bond acceptors (Lipinski definition) is 4. The first-order valence-corrected chi connectivity index (χ1v) is 8.36. The Kier molecular flexibility index (Phi) is 5.25. The van der Waals surface area contributed by atoms with Gasteiger partial charge in [0.15, 0.2) is 0 Å². The second-order valence-corrected chi connectivity index (χ2v) is 6.49. The number of carbonyl (C=O) groups excluding carboxylic acids is 1. The van der Waals surface area contributed by atoms with E-state index in [2.05, 4.69) is 16.2 Å². The van der Waals surface area contributed by atoms with E-state index in [1.807, 2.05) is 11.9 Å². The fourth-order valence-corrected chi connectivity index (χ4v) is 3.59. The van der Waals surface area contributed by atoms with Crippen molar-refractivity contribution < 1.29 is 9.18 Å². The molecule has 2 aliphatic rings. The van der Waals surface area contributed by atoms with E-state index in [-0.39, 0.29) is 23.7 Å². The zero-order valence-corrected chi connectivity index (χ0v) is 13.5. The normalized spacial score (nSPS) is 25.7. The van der Waals surface area contributed by atoms with Crippen LogP contribution in [0.3, 0.4) is 0 Å². The average Bonchev–Trinajstić information content (AvgIpc) is 3.05. The average molecular weight is 320 g/mol. The summed E-state index contributed by atoms with van der Waals surface area (Å²) >= 11 is 0. The first kappa shape index (κ1) is 16.4. The molecule has 0 saturated carbocycles. The number of likely N-dealkylation sites (tertiary alicyclic amines) is 1. The van der Waals surface area contributed by atoms with Crippen molar-refractivity contribution in [1.82, 2.24) is 21.1 Å². The molecule has 1 aromatic carbocycles. The van der Waals surface area contributed by atoms with Gasteiger partial charge in [-0.15, -0.1) is 0 Å². The summed E-state index contributed by atoms with van der Waals surface area (Å²) in [5.74, 6) is 0.465. The van der Waals surface area contributed by atoms with Gasteiger partial charge in [-0.05, 0) is 50.0 Å². The van der Waals surface area contributed by atoms with Gasteiger partial charge in [0.2, 0.25) is 5.91 Å². The molecule has 3 N–H and O–H groups in total. The highest BCUT2D eigenvalue weighted by Gasteiger charge is 2.37. The maximum absolute atomic E-state index is 13.1. The summed E-state index contributed by atoms with van der Waals surface area (Å²) in [4.78, 5) is 14.9. The van der Waals surface area contributed by atoms with Gasteiger partial charge in [0.1, 0.15) is 5.82 Å². The first-order valence-electron chi connectivity index (χ1n) is 8.36. The van der Waals surface area contributed by atoms with E-state index in [0.29, 0.717) is 12.5 Å². The molecule has 126 valence electrons. The third-order valence-corrected chi connectivity index (χ3v) is 4.95. The number of nitrogens with one attached hydrogen (secondary N) is 3. The Morgan fingerprint density at radius 3 is 2.65 bits per heavy atom. The van der Waals surface area contributed by atoms with Crippen LogP contribution in [0.15, 0.2) is 24.3 Å². The van der Waals surface area contributed by atoms with Crippen molar-refractivity contribution in [2.24, 2.45) is 11.8 Å². The fourth-order valence-electron chi connectivity index (χ4n) is 3.59. The van der Waals surface area contributed by atoms with Crippen LogP contribution < -0.4 is 16.2 Å². The van der Waals surface area contributed by atoms with Crippen molar-refractivity contribution in [1.29, 1.82) is 0 Å². The van der Waals surface area contributed by atoms with Gasteiger partial charge in [0.05, 0.1) is 12.0 Å². The molecular formula is C17H25FN4O. The lowest BCUT2D eigenvalue weighted by atomic mass is 9.91. The molecule has 3 rings (SSSR count). The molecule has 5 nitrogen and oxygen atoms in total. The van der Waals surface area contributed by atoms with Gasteiger partial charge in [0.25, 0.3) is 0 Å². The SMILES string of the molecule is CNCC1CCN(C(=O)C2CNNC2c2ccc(F)cc2)CC1. The summed E-state index contributed by atoms with van der Waals surface area (Å²) in [6, 6.07) is 6.29. The number of hydrazine groups is 1. The number of piperidine rings is 1. The topological polar surface area (TPSA) is 56.4 Å². The number of rotatable bonds is 4. The molecule has 2 heterocycles. The van der Waals surface area contributed by atoms with Crippen LogP contribution in [-0.2, 0) is 4.79 Å². The van der Waals surface area contributed by atoms with Crippen LogP contribution in [0.2, 0.25) is 0 Å². The predicted octanol–water partition coefficient (Wildman–Crippen LogP) is 1.05. The Balaban J connectivity index is 1.63. The molecule has 2 fully saturated rings. The minimum absolute atomic E-state index is 0.0990. The van der Waals surface area contributed by atoms with E-state index in [4.69, 9.17) is 0 Å². The molecule has 1 aromatic rings. The second-order valence-electron chi connectivity index (χ2n) is 6.49. The highest BCUT2D eigenvalue weighted by molar-refractivity contribution is 5.80. The van der Waals surface area contributed by atoms with E-state index in [1.54, 1.807) is 12.1 Å². The minimum atomic E-state index is -0.255. The fraction of sp³-hybridized carbons (Fsp3) is 0.588. The summed E-state index contributed by atoms with van der Waals surface area (Å²) < 4.78 is 13.1. The maximum Gasteiger partial charge on any atom is 0.229 e. The summed E-state index contributed by atoms with van der Waals surface area (Å²) in [7, 11) is 1.97. The Hall–Kier alpha value is -1.50. The number of nitrogens with zero attached hydrogens (tertiary/aromatic N) is 1. The lowest BCUT2D eigenvalue weighted by Crippen LogP contribution is -2.44. The van der Waals surface area contributed by atoms with E-state index < -0.39 is 0 Å². The van der Waals surface area contributed by atoms with Gasteiger partial charge in [0, 0.05) is 19.6 Å². The largest absolute Gasteiger partial charge is 0.342 e. The van der Waals surface area contributed by atoms with Crippen LogP contribution >= 0.6 is 0 Å². The molecule has 0 aromatic heterocycles. The van der Waals surface area contributed by atoms with Crippen LogP contribution in [0.25, 0.3) is 0 Å². The molecule has 2 saturated heterocycles. The van der Waals surface area contributed by atoms with Crippen molar-refractivity contribution in [2.75, 3.05) is 33.2 Å². The third kappa shape index (κ3) is 3.71. The van der Waals surface area contributed by atoms with E-state index >= 15 is 0 Å². The van der Waals surface area contributed by atoms with Gasteiger partial charge in [-0.2, -0.15) is 0 Å². The van der Waals surface area contributed by atoms with Crippen LogP contribution in [-0.4, -0.2) is 44.0 Å². The zero-order chi connectivity index (χ0) is 16.2. The quantitative estimate of drug-likeness (QED) is 0.776. The monoisotopic (exact) mass is 320 g/mol. The van der Waals surface area contributed by atoms with E-state index in [1.165, 1.54) is 12.1 Å². The number of halogens is 1. The second kappa shape index (κ2) is 7.38. The highest BCUT2D eigenvalue weighted by Crippen LogP contribution is 2.28. The van der Waals surface area contributed by atoms with Gasteiger partial charge in [-0.3, -0.25) is 10.2 Å². The van der Waals surface area contributed by atoms with Crippen LogP contribution in [0.5, 0.6) is 0 Å². The van der Waals surface area contributed by atoms with Gasteiger partial charge in [-0.1, -0.05) is 12.1 Å². The van der Waals surface area contributed by atoms with E-state index in [9.17, 15) is 9.18 Å². The first-order chi connectivity index (χ1) is 11.2. The Bertz CT molecular complexity index is 528. The molecule has 2 unspecified atom stereocenters. The van der Waals surface area contributed by atoms with Crippen molar-refractivity contribution in [2.45, 2.75) is 18.9 Å². The molecule has 0 radical (unpaired) electrons. The molecule has 0 spiro atoms. The molecular weight excluding hydrogens is 295 g/mol. The predicted molar refractivity (Wildman–Crippen MR) is 87.0 cm³/mol. The van der Waals surface area contributed by atoms with Gasteiger partial charge < -0.3 is 10.2 Å². The number of benzene rings is 1. The summed E-state index contributed by atoms with van der Waals surface area (Å²) in [6.07, 6.45) is 2.11. The Morgan fingerprint density at radius 1 is 1.30 bits per heavy atom. The molecule has 2 aliphatic heterocycles.